The number of hydrogen-bond acceptors (Lipinski definition) is 4. The highest BCUT2D eigenvalue weighted by atomic mass is 16.5. The fraction of sp³-hybridized carbons (Fsp3) is 0.118. The number of carbonyl (C=O) groups is 2. The van der Waals surface area contributed by atoms with Crippen LogP contribution in [0.25, 0.3) is 6.08 Å². The summed E-state index contributed by atoms with van der Waals surface area (Å²) in [5, 5.41) is 8.82. The maximum Gasteiger partial charge on any atom is 0.344 e. The Balaban J connectivity index is 2.10. The Hall–Kier alpha value is -2.95. The molecule has 1 aromatic carbocycles. The Morgan fingerprint density at radius 2 is 2.09 bits per heavy atom. The first kappa shape index (κ1) is 15.4. The number of pyridine rings is 1. The van der Waals surface area contributed by atoms with Gasteiger partial charge < -0.3 is 9.84 Å². The van der Waals surface area contributed by atoms with Crippen molar-refractivity contribution < 1.29 is 19.4 Å². The molecule has 1 N–H and O–H groups in total. The number of rotatable bonds is 6. The number of aromatic nitrogens is 1. The van der Waals surface area contributed by atoms with E-state index < -0.39 is 12.1 Å². The summed E-state index contributed by atoms with van der Waals surface area (Å²) in [6, 6.07) is 10.1. The second-order valence-electron chi connectivity index (χ2n) is 4.61. The second kappa shape index (κ2) is 7.17. The van der Waals surface area contributed by atoms with Crippen LogP contribution in [-0.4, -0.2) is 27.9 Å². The zero-order valence-corrected chi connectivity index (χ0v) is 12.0. The van der Waals surface area contributed by atoms with Gasteiger partial charge in [-0.15, -0.1) is 0 Å². The number of hydrogen-bond donors (Lipinski definition) is 1. The monoisotopic (exact) mass is 297 g/mol. The lowest BCUT2D eigenvalue weighted by molar-refractivity contribution is -0.144. The van der Waals surface area contributed by atoms with Crippen molar-refractivity contribution in [3.8, 4) is 5.75 Å². The Kier molecular flexibility index (Phi) is 5.03. The van der Waals surface area contributed by atoms with E-state index in [4.69, 9.17) is 9.84 Å². The first-order valence-electron chi connectivity index (χ1n) is 6.68. The van der Waals surface area contributed by atoms with E-state index in [-0.39, 0.29) is 5.78 Å². The maximum atomic E-state index is 12.1. The van der Waals surface area contributed by atoms with Crippen LogP contribution >= 0.6 is 0 Å². The quantitative estimate of drug-likeness (QED) is 0.655. The molecular weight excluding hydrogens is 282 g/mol. The van der Waals surface area contributed by atoms with Gasteiger partial charge in [-0.25, -0.2) is 4.79 Å². The third-order valence-electron chi connectivity index (χ3n) is 2.89. The van der Waals surface area contributed by atoms with Crippen LogP contribution in [0, 0.1) is 0 Å². The highest BCUT2D eigenvalue weighted by Crippen LogP contribution is 2.16. The molecule has 0 aliphatic heterocycles. The van der Waals surface area contributed by atoms with Gasteiger partial charge in [-0.1, -0.05) is 18.2 Å². The Labute approximate surface area is 127 Å². The normalized spacial score (nSPS) is 12.0. The first-order chi connectivity index (χ1) is 10.6. The van der Waals surface area contributed by atoms with Crippen molar-refractivity contribution in [2.45, 2.75) is 13.0 Å². The number of benzene rings is 1. The van der Waals surface area contributed by atoms with Crippen molar-refractivity contribution in [3.63, 3.8) is 0 Å². The van der Waals surface area contributed by atoms with Crippen LogP contribution in [0.2, 0.25) is 0 Å². The molecule has 2 aromatic rings. The average Bonchev–Trinajstić information content (AvgIpc) is 2.53. The summed E-state index contributed by atoms with van der Waals surface area (Å²) >= 11 is 0. The molecule has 5 heteroatoms. The zero-order chi connectivity index (χ0) is 15.9. The number of carbonyl (C=O) groups excluding carboxylic acids is 1. The third kappa shape index (κ3) is 4.28. The predicted molar refractivity (Wildman–Crippen MR) is 81.8 cm³/mol. The number of ketones is 1. The summed E-state index contributed by atoms with van der Waals surface area (Å²) in [5.41, 5.74) is 1.25. The highest BCUT2D eigenvalue weighted by Gasteiger charge is 2.13. The van der Waals surface area contributed by atoms with Crippen LogP contribution in [0.1, 0.15) is 22.8 Å². The molecule has 0 radical (unpaired) electrons. The van der Waals surface area contributed by atoms with Crippen molar-refractivity contribution >= 4 is 17.8 Å². The minimum absolute atomic E-state index is 0.197. The molecule has 22 heavy (non-hydrogen) atoms. The molecule has 1 atom stereocenters. The van der Waals surface area contributed by atoms with E-state index in [0.29, 0.717) is 11.3 Å². The number of nitrogens with zero attached hydrogens (tertiary/aromatic N) is 1. The summed E-state index contributed by atoms with van der Waals surface area (Å²) in [6.45, 7) is 1.43. The maximum absolute atomic E-state index is 12.1. The number of allylic oxidation sites excluding steroid dienone is 1. The van der Waals surface area contributed by atoms with Gasteiger partial charge in [0.25, 0.3) is 0 Å². The number of aliphatic carboxylic acids is 1. The van der Waals surface area contributed by atoms with Crippen LogP contribution in [0.15, 0.2) is 54.9 Å². The van der Waals surface area contributed by atoms with E-state index >= 15 is 0 Å². The topological polar surface area (TPSA) is 76.5 Å². The standard InChI is InChI=1S/C17H15NO4/c1-12(17(20)21)22-15-6-2-5-14(10-15)16(19)8-7-13-4-3-9-18-11-13/h2-12H,1H3,(H,20,21)/b8-7-/t12-/m1/s1. The highest BCUT2D eigenvalue weighted by molar-refractivity contribution is 6.07. The lowest BCUT2D eigenvalue weighted by atomic mass is 10.1. The second-order valence-corrected chi connectivity index (χ2v) is 4.61. The largest absolute Gasteiger partial charge is 0.479 e. The lowest BCUT2D eigenvalue weighted by Crippen LogP contribution is -2.22. The lowest BCUT2D eigenvalue weighted by Gasteiger charge is -2.10. The van der Waals surface area contributed by atoms with Crippen molar-refractivity contribution in [1.82, 2.24) is 4.98 Å². The van der Waals surface area contributed by atoms with Gasteiger partial charge in [-0.2, -0.15) is 0 Å². The van der Waals surface area contributed by atoms with Gasteiger partial charge in [-0.05, 0) is 42.8 Å². The van der Waals surface area contributed by atoms with Crippen molar-refractivity contribution in [3.05, 3.63) is 66.0 Å². The summed E-state index contributed by atoms with van der Waals surface area (Å²) in [4.78, 5) is 26.8. The molecular formula is C17H15NO4. The van der Waals surface area contributed by atoms with Crippen molar-refractivity contribution in [2.75, 3.05) is 0 Å². The fourth-order valence-corrected chi connectivity index (χ4v) is 1.72. The minimum Gasteiger partial charge on any atom is -0.479 e. The predicted octanol–water partition coefficient (Wildman–Crippen LogP) is 2.83. The smallest absolute Gasteiger partial charge is 0.344 e. The SMILES string of the molecule is C[C@@H](Oc1cccc(C(=O)/C=C\c2cccnc2)c1)C(=O)O. The van der Waals surface area contributed by atoms with E-state index in [1.807, 2.05) is 6.07 Å². The van der Waals surface area contributed by atoms with Gasteiger partial charge in [0.2, 0.25) is 0 Å². The molecule has 112 valence electrons. The molecule has 0 bridgehead atoms. The van der Waals surface area contributed by atoms with Crippen molar-refractivity contribution in [1.29, 1.82) is 0 Å². The number of carboxylic acids is 1. The molecule has 0 aliphatic rings. The van der Waals surface area contributed by atoms with Crippen LogP contribution in [0.5, 0.6) is 5.75 Å². The van der Waals surface area contributed by atoms with E-state index in [9.17, 15) is 9.59 Å². The average molecular weight is 297 g/mol. The molecule has 0 saturated carbocycles. The summed E-state index contributed by atoms with van der Waals surface area (Å²) < 4.78 is 5.24. The summed E-state index contributed by atoms with van der Waals surface area (Å²) in [6.07, 6.45) is 5.44. The van der Waals surface area contributed by atoms with Crippen molar-refractivity contribution in [2.24, 2.45) is 0 Å². The Morgan fingerprint density at radius 3 is 2.77 bits per heavy atom. The molecule has 0 spiro atoms. The van der Waals surface area contributed by atoms with Crippen LogP contribution in [-0.2, 0) is 4.79 Å². The van der Waals surface area contributed by atoms with Gasteiger partial charge in [0.05, 0.1) is 0 Å². The van der Waals surface area contributed by atoms with Gasteiger partial charge in [0, 0.05) is 18.0 Å². The molecule has 0 unspecified atom stereocenters. The molecule has 1 heterocycles. The van der Waals surface area contributed by atoms with E-state index in [0.717, 1.165) is 5.56 Å². The zero-order valence-electron chi connectivity index (χ0n) is 12.0. The van der Waals surface area contributed by atoms with Crippen LogP contribution < -0.4 is 4.74 Å². The van der Waals surface area contributed by atoms with E-state index in [1.54, 1.807) is 42.7 Å². The molecule has 0 amide bonds. The molecule has 0 aliphatic carbocycles. The third-order valence-corrected chi connectivity index (χ3v) is 2.89. The Morgan fingerprint density at radius 1 is 1.27 bits per heavy atom. The number of carboxylic acid groups (broad SMARTS) is 1. The first-order valence-corrected chi connectivity index (χ1v) is 6.68. The van der Waals surface area contributed by atoms with Gasteiger partial charge in [-0.3, -0.25) is 9.78 Å². The van der Waals surface area contributed by atoms with Gasteiger partial charge in [0.15, 0.2) is 11.9 Å². The Bertz CT molecular complexity index is 695. The minimum atomic E-state index is -1.06. The molecule has 5 nitrogen and oxygen atoms in total. The van der Waals surface area contributed by atoms with Crippen LogP contribution in [0.3, 0.4) is 0 Å². The molecule has 0 saturated heterocycles. The summed E-state index contributed by atoms with van der Waals surface area (Å²) in [5.74, 6) is -0.916. The van der Waals surface area contributed by atoms with Gasteiger partial charge >= 0.3 is 5.97 Å². The number of ether oxygens (including phenoxy) is 1. The van der Waals surface area contributed by atoms with E-state index in [1.165, 1.54) is 19.1 Å². The summed E-state index contributed by atoms with van der Waals surface area (Å²) in [7, 11) is 0. The fourth-order valence-electron chi connectivity index (χ4n) is 1.72. The molecule has 0 fully saturated rings. The van der Waals surface area contributed by atoms with Crippen LogP contribution in [0.4, 0.5) is 0 Å². The molecule has 2 rings (SSSR count). The van der Waals surface area contributed by atoms with Gasteiger partial charge in [0.1, 0.15) is 5.75 Å². The molecule has 1 aromatic heterocycles. The van der Waals surface area contributed by atoms with E-state index in [2.05, 4.69) is 4.98 Å².